The summed E-state index contributed by atoms with van der Waals surface area (Å²) in [5.41, 5.74) is 5.81. The van der Waals surface area contributed by atoms with Crippen molar-refractivity contribution in [3.05, 3.63) is 0 Å². The van der Waals surface area contributed by atoms with E-state index in [9.17, 15) is 9.59 Å². The fourth-order valence-corrected chi connectivity index (χ4v) is 4.12. The number of carbonyl (C=O) groups excluding carboxylic acids is 2. The highest BCUT2D eigenvalue weighted by Crippen LogP contribution is 2.27. The number of hydrogen-bond acceptors (Lipinski definition) is 4. The molecule has 7 heteroatoms. The lowest BCUT2D eigenvalue weighted by molar-refractivity contribution is -0.145. The number of likely N-dealkylation sites (tertiary alicyclic amines) is 1. The zero-order valence-electron chi connectivity index (χ0n) is 12.1. The maximum absolute atomic E-state index is 12.7. The van der Waals surface area contributed by atoms with E-state index in [0.717, 1.165) is 19.4 Å². The number of carbonyl (C=O) groups is 2. The zero-order valence-corrected chi connectivity index (χ0v) is 13.7. The van der Waals surface area contributed by atoms with Gasteiger partial charge in [-0.05, 0) is 18.8 Å². The first-order valence-electron chi connectivity index (χ1n) is 6.90. The van der Waals surface area contributed by atoms with Crippen molar-refractivity contribution in [1.29, 1.82) is 0 Å². The van der Waals surface area contributed by atoms with Crippen LogP contribution in [-0.4, -0.2) is 58.4 Å². The van der Waals surface area contributed by atoms with Gasteiger partial charge in [0.05, 0.1) is 5.88 Å². The normalized spacial score (nSPS) is 30.1. The molecule has 2 N–H and O–H groups in total. The van der Waals surface area contributed by atoms with Crippen LogP contribution < -0.4 is 5.73 Å². The zero-order chi connectivity index (χ0) is 14.0. The van der Waals surface area contributed by atoms with Crippen LogP contribution in [-0.2, 0) is 9.59 Å². The van der Waals surface area contributed by atoms with Gasteiger partial charge >= 0.3 is 0 Å². The van der Waals surface area contributed by atoms with E-state index in [1.165, 1.54) is 6.92 Å². The van der Waals surface area contributed by atoms with E-state index in [-0.39, 0.29) is 36.3 Å². The van der Waals surface area contributed by atoms with Gasteiger partial charge in [-0.1, -0.05) is 6.92 Å². The molecule has 0 aliphatic carbocycles. The van der Waals surface area contributed by atoms with Gasteiger partial charge in [-0.3, -0.25) is 9.59 Å². The Morgan fingerprint density at radius 1 is 1.35 bits per heavy atom. The van der Waals surface area contributed by atoms with E-state index >= 15 is 0 Å². The van der Waals surface area contributed by atoms with Crippen LogP contribution in [0.4, 0.5) is 0 Å². The predicted molar refractivity (Wildman–Crippen MR) is 83.8 cm³/mol. The van der Waals surface area contributed by atoms with Crippen molar-refractivity contribution >= 4 is 36.0 Å². The molecular formula is C13H24ClN3O2S. The highest BCUT2D eigenvalue weighted by molar-refractivity contribution is 7.99. The minimum absolute atomic E-state index is 0. The Morgan fingerprint density at radius 2 is 2.05 bits per heavy atom. The summed E-state index contributed by atoms with van der Waals surface area (Å²) in [6.45, 7) is 5.02. The average Bonchev–Trinajstić information content (AvgIpc) is 2.87. The molecule has 2 saturated heterocycles. The molecule has 116 valence electrons. The molecule has 3 unspecified atom stereocenters. The van der Waals surface area contributed by atoms with Crippen molar-refractivity contribution in [2.75, 3.05) is 24.7 Å². The quantitative estimate of drug-likeness (QED) is 0.821. The van der Waals surface area contributed by atoms with Gasteiger partial charge in [0, 0.05) is 31.8 Å². The number of piperidine rings is 1. The van der Waals surface area contributed by atoms with Crippen LogP contribution in [0.15, 0.2) is 0 Å². The first kappa shape index (κ1) is 17.6. The summed E-state index contributed by atoms with van der Waals surface area (Å²) in [4.78, 5) is 27.8. The maximum atomic E-state index is 12.7. The third kappa shape index (κ3) is 3.59. The van der Waals surface area contributed by atoms with Crippen molar-refractivity contribution in [2.45, 2.75) is 38.8 Å². The van der Waals surface area contributed by atoms with Crippen LogP contribution in [0.3, 0.4) is 0 Å². The number of nitrogens with zero attached hydrogens (tertiary/aromatic N) is 2. The molecule has 2 heterocycles. The lowest BCUT2D eigenvalue weighted by Gasteiger charge is -2.40. The standard InChI is InChI=1S/C13H23N3O2S.ClH/c1-9-3-4-15(11(5-9)6-14)13(18)12-7-19-8-16(12)10(2)17;/h9,11-12H,3-8,14H2,1-2H3;1H. The number of amides is 2. The Morgan fingerprint density at radius 3 is 2.65 bits per heavy atom. The number of nitrogens with two attached hydrogens (primary N) is 1. The molecule has 2 amide bonds. The molecule has 0 aromatic carbocycles. The molecule has 2 aliphatic rings. The van der Waals surface area contributed by atoms with Gasteiger partial charge in [0.15, 0.2) is 0 Å². The third-order valence-corrected chi connectivity index (χ3v) is 5.12. The van der Waals surface area contributed by atoms with Crippen LogP contribution >= 0.6 is 24.2 Å². The Labute approximate surface area is 131 Å². The SMILES string of the molecule is CC(=O)N1CSCC1C(=O)N1CCC(C)CC1CN.Cl. The molecular weight excluding hydrogens is 298 g/mol. The number of thioether (sulfide) groups is 1. The summed E-state index contributed by atoms with van der Waals surface area (Å²) in [7, 11) is 0. The maximum Gasteiger partial charge on any atom is 0.246 e. The second-order valence-electron chi connectivity index (χ2n) is 5.56. The molecule has 5 nitrogen and oxygen atoms in total. The molecule has 0 aromatic rings. The largest absolute Gasteiger partial charge is 0.337 e. The molecule has 0 aromatic heterocycles. The van der Waals surface area contributed by atoms with E-state index in [2.05, 4.69) is 6.92 Å². The third-order valence-electron chi connectivity index (χ3n) is 4.11. The second-order valence-corrected chi connectivity index (χ2v) is 6.55. The van der Waals surface area contributed by atoms with Crippen molar-refractivity contribution in [3.63, 3.8) is 0 Å². The molecule has 0 saturated carbocycles. The molecule has 0 spiro atoms. The Bertz CT molecular complexity index is 370. The van der Waals surface area contributed by atoms with Crippen molar-refractivity contribution in [1.82, 2.24) is 9.80 Å². The first-order chi connectivity index (χ1) is 9.04. The topological polar surface area (TPSA) is 66.6 Å². The van der Waals surface area contributed by atoms with Gasteiger partial charge in [-0.15, -0.1) is 24.2 Å². The van der Waals surface area contributed by atoms with E-state index in [0.29, 0.717) is 24.1 Å². The van der Waals surface area contributed by atoms with Crippen molar-refractivity contribution in [3.8, 4) is 0 Å². The van der Waals surface area contributed by atoms with E-state index in [1.807, 2.05) is 4.90 Å². The molecule has 20 heavy (non-hydrogen) atoms. The smallest absolute Gasteiger partial charge is 0.246 e. The minimum atomic E-state index is -0.287. The molecule has 0 bridgehead atoms. The summed E-state index contributed by atoms with van der Waals surface area (Å²) >= 11 is 1.65. The molecule has 0 radical (unpaired) electrons. The average molecular weight is 322 g/mol. The van der Waals surface area contributed by atoms with Crippen LogP contribution in [0.5, 0.6) is 0 Å². The molecule has 2 fully saturated rings. The summed E-state index contributed by atoms with van der Waals surface area (Å²) in [5.74, 6) is 2.03. The summed E-state index contributed by atoms with van der Waals surface area (Å²) < 4.78 is 0. The monoisotopic (exact) mass is 321 g/mol. The summed E-state index contributed by atoms with van der Waals surface area (Å²) in [5, 5.41) is 0. The highest BCUT2D eigenvalue weighted by Gasteiger charge is 2.39. The molecule has 2 aliphatic heterocycles. The van der Waals surface area contributed by atoms with Crippen LogP contribution in [0, 0.1) is 5.92 Å². The fourth-order valence-electron chi connectivity index (χ4n) is 2.91. The van der Waals surface area contributed by atoms with Crippen molar-refractivity contribution in [2.24, 2.45) is 11.7 Å². The van der Waals surface area contributed by atoms with Crippen molar-refractivity contribution < 1.29 is 9.59 Å². The van der Waals surface area contributed by atoms with Gasteiger partial charge in [0.2, 0.25) is 11.8 Å². The lowest BCUT2D eigenvalue weighted by Crippen LogP contribution is -2.56. The van der Waals surface area contributed by atoms with E-state index in [1.54, 1.807) is 16.7 Å². The number of halogens is 1. The minimum Gasteiger partial charge on any atom is -0.337 e. The first-order valence-corrected chi connectivity index (χ1v) is 8.05. The molecule has 2 rings (SSSR count). The van der Waals surface area contributed by atoms with Gasteiger partial charge < -0.3 is 15.5 Å². The van der Waals surface area contributed by atoms with Crippen LogP contribution in [0.2, 0.25) is 0 Å². The Hall–Kier alpha value is -0.460. The summed E-state index contributed by atoms with van der Waals surface area (Å²) in [6, 6.07) is -0.152. The van der Waals surface area contributed by atoms with Gasteiger partial charge in [0.25, 0.3) is 0 Å². The summed E-state index contributed by atoms with van der Waals surface area (Å²) in [6.07, 6.45) is 2.00. The van der Waals surface area contributed by atoms with Gasteiger partial charge in [-0.2, -0.15) is 0 Å². The number of hydrogen-bond donors (Lipinski definition) is 1. The highest BCUT2D eigenvalue weighted by atomic mass is 35.5. The van der Waals surface area contributed by atoms with Crippen LogP contribution in [0.1, 0.15) is 26.7 Å². The van der Waals surface area contributed by atoms with Crippen LogP contribution in [0.25, 0.3) is 0 Å². The molecule has 3 atom stereocenters. The predicted octanol–water partition coefficient (Wildman–Crippen LogP) is 0.915. The number of rotatable bonds is 2. The Balaban J connectivity index is 0.00000200. The lowest BCUT2D eigenvalue weighted by atomic mass is 9.92. The second kappa shape index (κ2) is 7.52. The Kier molecular flexibility index (Phi) is 6.61. The van der Waals surface area contributed by atoms with Gasteiger partial charge in [0.1, 0.15) is 6.04 Å². The van der Waals surface area contributed by atoms with Gasteiger partial charge in [-0.25, -0.2) is 0 Å². The van der Waals surface area contributed by atoms with E-state index < -0.39 is 0 Å². The van der Waals surface area contributed by atoms with E-state index in [4.69, 9.17) is 5.73 Å². The fraction of sp³-hybridized carbons (Fsp3) is 0.846.